The topological polar surface area (TPSA) is 54.0 Å². The van der Waals surface area contributed by atoms with Gasteiger partial charge in [0.05, 0.1) is 10.4 Å². The summed E-state index contributed by atoms with van der Waals surface area (Å²) >= 11 is 19.4. The number of piperidine rings is 1. The summed E-state index contributed by atoms with van der Waals surface area (Å²) in [6.45, 7) is 2.83. The number of amides is 2. The van der Waals surface area contributed by atoms with E-state index in [2.05, 4.69) is 15.6 Å². The highest BCUT2D eigenvalue weighted by Gasteiger charge is 2.58. The summed E-state index contributed by atoms with van der Waals surface area (Å²) in [5, 5.41) is 8.23. The van der Waals surface area contributed by atoms with Gasteiger partial charge in [-0.2, -0.15) is 4.39 Å². The largest absolute Gasteiger partial charge is 0.422 e. The number of carbonyl (C=O) groups is 1. The van der Waals surface area contributed by atoms with Crippen molar-refractivity contribution in [3.63, 3.8) is 0 Å². The lowest BCUT2D eigenvalue weighted by Crippen LogP contribution is -2.60. The quantitative estimate of drug-likeness (QED) is 0.268. The van der Waals surface area contributed by atoms with Gasteiger partial charge < -0.3 is 10.6 Å². The molecule has 1 spiro atoms. The standard InChI is InChI=1S/C28H26Cl3FN4O/c29-21-5-3-19(4-6-21)2-1-13-36(27(37)35-17-20-7-10-34-25(32)14-20)18-28(8-11-33-12-9-28)26-23(31)15-22(30)16-24(26)36/h1-7,10,14-16,33H,8-9,11-13,17-18H2/p+1/b2-1+. The Morgan fingerprint density at radius 1 is 1.08 bits per heavy atom. The van der Waals surface area contributed by atoms with Crippen LogP contribution in [0.1, 0.15) is 29.5 Å². The first-order valence-electron chi connectivity index (χ1n) is 12.2. The van der Waals surface area contributed by atoms with Gasteiger partial charge in [-0.15, -0.1) is 0 Å². The van der Waals surface area contributed by atoms with E-state index in [1.807, 2.05) is 42.5 Å². The van der Waals surface area contributed by atoms with E-state index >= 15 is 0 Å². The average molecular weight is 561 g/mol. The highest BCUT2D eigenvalue weighted by atomic mass is 35.5. The van der Waals surface area contributed by atoms with Crippen molar-refractivity contribution >= 4 is 52.6 Å². The van der Waals surface area contributed by atoms with Crippen molar-refractivity contribution in [3.8, 4) is 0 Å². The molecule has 2 amide bonds. The summed E-state index contributed by atoms with van der Waals surface area (Å²) in [5.74, 6) is -0.583. The van der Waals surface area contributed by atoms with Crippen molar-refractivity contribution in [2.45, 2.75) is 24.8 Å². The van der Waals surface area contributed by atoms with E-state index in [0.717, 1.165) is 42.7 Å². The molecule has 3 aromatic rings. The monoisotopic (exact) mass is 559 g/mol. The van der Waals surface area contributed by atoms with Gasteiger partial charge in [0.2, 0.25) is 5.95 Å². The lowest BCUT2D eigenvalue weighted by atomic mass is 9.74. The van der Waals surface area contributed by atoms with Gasteiger partial charge in [-0.05, 0) is 73.5 Å². The molecule has 2 N–H and O–H groups in total. The molecule has 2 aliphatic rings. The Morgan fingerprint density at radius 3 is 2.57 bits per heavy atom. The molecule has 1 unspecified atom stereocenters. The van der Waals surface area contributed by atoms with Crippen molar-refractivity contribution in [2.75, 3.05) is 26.2 Å². The van der Waals surface area contributed by atoms with E-state index in [0.29, 0.717) is 33.7 Å². The maximum absolute atomic E-state index is 14.1. The van der Waals surface area contributed by atoms with Gasteiger partial charge in [0.15, 0.2) is 0 Å². The van der Waals surface area contributed by atoms with Gasteiger partial charge in [0, 0.05) is 34.4 Å². The van der Waals surface area contributed by atoms with Crippen molar-refractivity contribution < 1.29 is 9.18 Å². The van der Waals surface area contributed by atoms with Crippen LogP contribution in [0.25, 0.3) is 6.08 Å². The van der Waals surface area contributed by atoms with Crippen LogP contribution >= 0.6 is 34.8 Å². The number of rotatable bonds is 5. The lowest BCUT2D eigenvalue weighted by Gasteiger charge is -2.36. The number of aromatic nitrogens is 1. The fourth-order valence-corrected chi connectivity index (χ4v) is 6.48. The highest BCUT2D eigenvalue weighted by molar-refractivity contribution is 6.36. The molecule has 3 heterocycles. The molecule has 1 aromatic heterocycles. The Hall–Kier alpha value is -2.48. The normalized spacial score (nSPS) is 20.3. The summed E-state index contributed by atoms with van der Waals surface area (Å²) in [6, 6.07) is 14.0. The van der Waals surface area contributed by atoms with Crippen LogP contribution in [0, 0.1) is 5.95 Å². The van der Waals surface area contributed by atoms with Crippen molar-refractivity contribution in [2.24, 2.45) is 0 Å². The summed E-state index contributed by atoms with van der Waals surface area (Å²) in [5.41, 5.74) is 3.19. The molecule has 0 aliphatic carbocycles. The molecule has 37 heavy (non-hydrogen) atoms. The molecule has 1 fully saturated rings. The van der Waals surface area contributed by atoms with Crippen molar-refractivity contribution in [1.82, 2.24) is 20.1 Å². The van der Waals surface area contributed by atoms with Crippen LogP contribution < -0.4 is 15.1 Å². The number of nitrogens with zero attached hydrogens (tertiary/aromatic N) is 2. The highest BCUT2D eigenvalue weighted by Crippen LogP contribution is 2.53. The van der Waals surface area contributed by atoms with Crippen LogP contribution in [-0.4, -0.2) is 37.2 Å². The molecule has 5 nitrogen and oxygen atoms in total. The van der Waals surface area contributed by atoms with Gasteiger partial charge in [-0.1, -0.05) is 53.0 Å². The minimum absolute atomic E-state index is 0.0211. The number of urea groups is 1. The summed E-state index contributed by atoms with van der Waals surface area (Å²) in [7, 11) is 0. The fraction of sp³-hybridized carbons (Fsp3) is 0.286. The molecule has 0 saturated carbocycles. The van der Waals surface area contributed by atoms with Crippen LogP contribution in [0.5, 0.6) is 0 Å². The molecular formula is C28H27Cl3FN4O+. The number of hydrogen-bond acceptors (Lipinski definition) is 3. The third kappa shape index (κ3) is 5.27. The van der Waals surface area contributed by atoms with Gasteiger partial charge >= 0.3 is 6.03 Å². The first kappa shape index (κ1) is 26.1. The van der Waals surface area contributed by atoms with E-state index in [1.54, 1.807) is 12.1 Å². The predicted molar refractivity (Wildman–Crippen MR) is 149 cm³/mol. The maximum atomic E-state index is 14.1. The molecule has 9 heteroatoms. The SMILES string of the molecule is O=C(NCc1ccnc(F)c1)[N+]1(C/C=C/c2ccc(Cl)cc2)CC2(CCNCC2)c2c(Cl)cc(Cl)cc21. The van der Waals surface area contributed by atoms with Crippen LogP contribution in [0.15, 0.2) is 60.8 Å². The second-order valence-corrected chi connectivity index (χ2v) is 11.0. The Bertz CT molecular complexity index is 1340. The number of hydrogen-bond donors (Lipinski definition) is 2. The summed E-state index contributed by atoms with van der Waals surface area (Å²) < 4.78 is 13.7. The van der Waals surface area contributed by atoms with Gasteiger partial charge in [-0.25, -0.2) is 14.3 Å². The number of fused-ring (bicyclic) bond motifs is 2. The number of pyridine rings is 1. The first-order chi connectivity index (χ1) is 17.8. The average Bonchev–Trinajstić information content (AvgIpc) is 3.14. The second-order valence-electron chi connectivity index (χ2n) is 9.72. The van der Waals surface area contributed by atoms with E-state index in [4.69, 9.17) is 34.8 Å². The molecule has 5 rings (SSSR count). The number of carbonyl (C=O) groups excluding carboxylic acids is 1. The molecule has 1 atom stereocenters. The molecular weight excluding hydrogens is 534 g/mol. The first-order valence-corrected chi connectivity index (χ1v) is 13.3. The van der Waals surface area contributed by atoms with E-state index in [-0.39, 0.29) is 22.5 Å². The smallest absolute Gasteiger partial charge is 0.317 e. The van der Waals surface area contributed by atoms with Crippen LogP contribution in [0.3, 0.4) is 0 Å². The Morgan fingerprint density at radius 2 is 1.84 bits per heavy atom. The van der Waals surface area contributed by atoms with Gasteiger partial charge in [0.25, 0.3) is 0 Å². The van der Waals surface area contributed by atoms with Crippen molar-refractivity contribution in [1.29, 1.82) is 0 Å². The zero-order valence-electron chi connectivity index (χ0n) is 20.1. The third-order valence-corrected chi connectivity index (χ3v) is 8.15. The predicted octanol–water partition coefficient (Wildman–Crippen LogP) is 6.75. The van der Waals surface area contributed by atoms with Crippen LogP contribution in [-0.2, 0) is 12.0 Å². The molecule has 2 aromatic carbocycles. The minimum Gasteiger partial charge on any atom is -0.317 e. The van der Waals surface area contributed by atoms with Gasteiger partial charge in [-0.3, -0.25) is 0 Å². The summed E-state index contributed by atoms with van der Waals surface area (Å²) in [6.07, 6.45) is 7.12. The Labute approximate surface area is 230 Å². The zero-order chi connectivity index (χ0) is 26.0. The van der Waals surface area contributed by atoms with Crippen LogP contribution in [0.4, 0.5) is 14.9 Å². The molecule has 192 valence electrons. The molecule has 0 bridgehead atoms. The number of benzene rings is 2. The van der Waals surface area contributed by atoms with Crippen LogP contribution in [0.2, 0.25) is 15.1 Å². The second kappa shape index (κ2) is 10.7. The minimum atomic E-state index is -0.583. The van der Waals surface area contributed by atoms with Gasteiger partial charge in [0.1, 0.15) is 18.8 Å². The number of halogens is 4. The molecule has 0 radical (unpaired) electrons. The Kier molecular flexibility index (Phi) is 7.57. The van der Waals surface area contributed by atoms with Crippen molar-refractivity contribution in [3.05, 3.63) is 98.5 Å². The van der Waals surface area contributed by atoms with E-state index < -0.39 is 5.95 Å². The Balaban J connectivity index is 1.55. The van der Waals surface area contributed by atoms with E-state index in [1.165, 1.54) is 12.3 Å². The maximum Gasteiger partial charge on any atom is 0.422 e. The number of nitrogens with one attached hydrogen (secondary N) is 2. The number of quaternary nitrogens is 1. The van der Waals surface area contributed by atoms with E-state index in [9.17, 15) is 9.18 Å². The third-order valence-electron chi connectivity index (χ3n) is 7.38. The fourth-order valence-electron chi connectivity index (χ4n) is 5.67. The summed E-state index contributed by atoms with van der Waals surface area (Å²) in [4.78, 5) is 17.7. The zero-order valence-corrected chi connectivity index (χ0v) is 22.4. The molecule has 2 aliphatic heterocycles. The molecule has 1 saturated heterocycles. The lowest BCUT2D eigenvalue weighted by molar-refractivity contribution is 0.189.